The lowest BCUT2D eigenvalue weighted by molar-refractivity contribution is 0.0802. The summed E-state index contributed by atoms with van der Waals surface area (Å²) >= 11 is 3.46. The molecule has 0 unspecified atom stereocenters. The lowest BCUT2D eigenvalue weighted by Crippen LogP contribution is -2.26. The predicted molar refractivity (Wildman–Crippen MR) is 98.3 cm³/mol. The van der Waals surface area contributed by atoms with E-state index in [4.69, 9.17) is 0 Å². The van der Waals surface area contributed by atoms with E-state index >= 15 is 0 Å². The van der Waals surface area contributed by atoms with Gasteiger partial charge in [0.1, 0.15) is 0 Å². The Kier molecular flexibility index (Phi) is 4.98. The maximum atomic E-state index is 12.1. The SMILES string of the molecule is CCN(C)C(=O)c1ccc(CSc2nc3ccccc3s2)cc1. The quantitative estimate of drug-likeness (QED) is 0.631. The summed E-state index contributed by atoms with van der Waals surface area (Å²) in [7, 11) is 1.82. The zero-order chi connectivity index (χ0) is 16.2. The van der Waals surface area contributed by atoms with Crippen molar-refractivity contribution in [2.24, 2.45) is 0 Å². The van der Waals surface area contributed by atoms with Crippen molar-refractivity contribution in [3.05, 3.63) is 59.7 Å². The highest BCUT2D eigenvalue weighted by Gasteiger charge is 2.10. The number of hydrogen-bond donors (Lipinski definition) is 0. The summed E-state index contributed by atoms with van der Waals surface area (Å²) < 4.78 is 2.30. The first-order chi connectivity index (χ1) is 11.2. The van der Waals surface area contributed by atoms with E-state index in [2.05, 4.69) is 11.1 Å². The van der Waals surface area contributed by atoms with Crippen LogP contribution in [0.5, 0.6) is 0 Å². The standard InChI is InChI=1S/C18H18N2OS2/c1-3-20(2)17(21)14-10-8-13(9-11-14)12-22-18-19-15-6-4-5-7-16(15)23-18/h4-11H,3,12H2,1-2H3. The van der Waals surface area contributed by atoms with E-state index in [1.807, 2.05) is 56.4 Å². The molecular formula is C18H18N2OS2. The Labute approximate surface area is 144 Å². The topological polar surface area (TPSA) is 33.2 Å². The molecule has 0 atom stereocenters. The first kappa shape index (κ1) is 16.0. The molecule has 0 saturated carbocycles. The number of hydrogen-bond acceptors (Lipinski definition) is 4. The molecule has 1 aromatic heterocycles. The Bertz CT molecular complexity index is 778. The molecule has 0 radical (unpaired) electrons. The van der Waals surface area contributed by atoms with Gasteiger partial charge in [0.05, 0.1) is 10.2 Å². The van der Waals surface area contributed by atoms with Crippen LogP contribution in [0.4, 0.5) is 0 Å². The van der Waals surface area contributed by atoms with Crippen molar-refractivity contribution in [2.75, 3.05) is 13.6 Å². The van der Waals surface area contributed by atoms with E-state index in [9.17, 15) is 4.79 Å². The van der Waals surface area contributed by atoms with Crippen LogP contribution in [0, 0.1) is 0 Å². The number of carbonyl (C=O) groups is 1. The third kappa shape index (κ3) is 3.74. The van der Waals surface area contributed by atoms with Crippen molar-refractivity contribution < 1.29 is 4.79 Å². The predicted octanol–water partition coefficient (Wildman–Crippen LogP) is 4.68. The molecule has 23 heavy (non-hydrogen) atoms. The van der Waals surface area contributed by atoms with Crippen LogP contribution in [-0.2, 0) is 5.75 Å². The molecule has 0 saturated heterocycles. The van der Waals surface area contributed by atoms with Crippen LogP contribution in [0.2, 0.25) is 0 Å². The Balaban J connectivity index is 1.65. The zero-order valence-corrected chi connectivity index (χ0v) is 14.8. The zero-order valence-electron chi connectivity index (χ0n) is 13.2. The van der Waals surface area contributed by atoms with E-state index in [1.165, 1.54) is 10.3 Å². The van der Waals surface area contributed by atoms with Gasteiger partial charge < -0.3 is 4.90 Å². The molecule has 3 nitrogen and oxygen atoms in total. The molecule has 3 rings (SSSR count). The summed E-state index contributed by atoms with van der Waals surface area (Å²) in [5.74, 6) is 0.927. The molecule has 1 amide bonds. The van der Waals surface area contributed by atoms with Crippen LogP contribution < -0.4 is 0 Å². The van der Waals surface area contributed by atoms with Crippen LogP contribution in [0.1, 0.15) is 22.8 Å². The van der Waals surface area contributed by atoms with Gasteiger partial charge in [-0.15, -0.1) is 11.3 Å². The first-order valence-corrected chi connectivity index (χ1v) is 9.30. The average molecular weight is 342 g/mol. The molecule has 3 aromatic rings. The van der Waals surface area contributed by atoms with E-state index in [-0.39, 0.29) is 5.91 Å². The Morgan fingerprint density at radius 1 is 1.17 bits per heavy atom. The Morgan fingerprint density at radius 3 is 2.61 bits per heavy atom. The highest BCUT2D eigenvalue weighted by molar-refractivity contribution is 8.00. The summed E-state index contributed by atoms with van der Waals surface area (Å²) in [5, 5.41) is 0. The monoisotopic (exact) mass is 342 g/mol. The number of para-hydroxylation sites is 1. The van der Waals surface area contributed by atoms with Gasteiger partial charge in [-0.2, -0.15) is 0 Å². The van der Waals surface area contributed by atoms with Crippen molar-refractivity contribution in [1.29, 1.82) is 0 Å². The van der Waals surface area contributed by atoms with Crippen LogP contribution in [0.15, 0.2) is 52.9 Å². The molecule has 1 heterocycles. The lowest BCUT2D eigenvalue weighted by Gasteiger charge is -2.14. The summed E-state index contributed by atoms with van der Waals surface area (Å²) in [5.41, 5.74) is 3.00. The molecule has 0 fully saturated rings. The van der Waals surface area contributed by atoms with Crippen molar-refractivity contribution >= 4 is 39.2 Å². The van der Waals surface area contributed by atoms with Crippen molar-refractivity contribution in [2.45, 2.75) is 17.0 Å². The fourth-order valence-electron chi connectivity index (χ4n) is 2.17. The number of benzene rings is 2. The molecule has 118 valence electrons. The second-order valence-corrected chi connectivity index (χ2v) is 7.51. The number of thiazole rings is 1. The number of fused-ring (bicyclic) bond motifs is 1. The van der Waals surface area contributed by atoms with E-state index in [0.29, 0.717) is 6.54 Å². The Hall–Kier alpha value is -1.85. The fraction of sp³-hybridized carbons (Fsp3) is 0.222. The smallest absolute Gasteiger partial charge is 0.253 e. The molecule has 2 aromatic carbocycles. The van der Waals surface area contributed by atoms with Gasteiger partial charge in [0, 0.05) is 24.9 Å². The molecule has 0 aliphatic heterocycles. The van der Waals surface area contributed by atoms with Gasteiger partial charge in [0.2, 0.25) is 0 Å². The third-order valence-electron chi connectivity index (χ3n) is 3.66. The summed E-state index contributed by atoms with van der Waals surface area (Å²) in [6.07, 6.45) is 0. The van der Waals surface area contributed by atoms with Gasteiger partial charge in [-0.05, 0) is 36.8 Å². The highest BCUT2D eigenvalue weighted by atomic mass is 32.2. The number of thioether (sulfide) groups is 1. The molecule has 0 N–H and O–H groups in total. The third-order valence-corrected chi connectivity index (χ3v) is 5.91. The highest BCUT2D eigenvalue weighted by Crippen LogP contribution is 2.31. The van der Waals surface area contributed by atoms with Crippen molar-refractivity contribution in [3.8, 4) is 0 Å². The minimum absolute atomic E-state index is 0.0675. The molecule has 0 bridgehead atoms. The number of carbonyl (C=O) groups excluding carboxylic acids is 1. The normalized spacial score (nSPS) is 10.9. The molecule has 0 spiro atoms. The number of rotatable bonds is 5. The van der Waals surface area contributed by atoms with Crippen LogP contribution in [0.3, 0.4) is 0 Å². The van der Waals surface area contributed by atoms with E-state index < -0.39 is 0 Å². The largest absolute Gasteiger partial charge is 0.342 e. The fourth-order valence-corrected chi connectivity index (χ4v) is 4.19. The molecule has 0 aliphatic rings. The van der Waals surface area contributed by atoms with Crippen molar-refractivity contribution in [3.63, 3.8) is 0 Å². The summed E-state index contributed by atoms with van der Waals surface area (Å²) in [4.78, 5) is 18.4. The summed E-state index contributed by atoms with van der Waals surface area (Å²) in [6, 6.07) is 16.1. The van der Waals surface area contributed by atoms with E-state index in [0.717, 1.165) is 21.2 Å². The van der Waals surface area contributed by atoms with E-state index in [1.54, 1.807) is 28.0 Å². The van der Waals surface area contributed by atoms with Gasteiger partial charge >= 0.3 is 0 Å². The van der Waals surface area contributed by atoms with Gasteiger partial charge in [0.15, 0.2) is 4.34 Å². The molecule has 0 aliphatic carbocycles. The van der Waals surface area contributed by atoms with Gasteiger partial charge in [-0.1, -0.05) is 36.0 Å². The van der Waals surface area contributed by atoms with Gasteiger partial charge in [-0.3, -0.25) is 4.79 Å². The number of aromatic nitrogens is 1. The number of amides is 1. The second-order valence-electron chi connectivity index (χ2n) is 5.25. The minimum Gasteiger partial charge on any atom is -0.342 e. The molecule has 5 heteroatoms. The minimum atomic E-state index is 0.0675. The maximum absolute atomic E-state index is 12.1. The lowest BCUT2D eigenvalue weighted by atomic mass is 10.1. The Morgan fingerprint density at radius 2 is 1.91 bits per heavy atom. The first-order valence-electron chi connectivity index (χ1n) is 7.50. The average Bonchev–Trinajstić information content (AvgIpc) is 3.02. The second kappa shape index (κ2) is 7.15. The van der Waals surface area contributed by atoms with Crippen LogP contribution >= 0.6 is 23.1 Å². The van der Waals surface area contributed by atoms with Crippen LogP contribution in [0.25, 0.3) is 10.2 Å². The van der Waals surface area contributed by atoms with Gasteiger partial charge in [0.25, 0.3) is 5.91 Å². The maximum Gasteiger partial charge on any atom is 0.253 e. The van der Waals surface area contributed by atoms with Crippen molar-refractivity contribution in [1.82, 2.24) is 9.88 Å². The number of nitrogens with zero attached hydrogens (tertiary/aromatic N) is 2. The summed E-state index contributed by atoms with van der Waals surface area (Å²) in [6.45, 7) is 2.69. The van der Waals surface area contributed by atoms with Crippen LogP contribution in [-0.4, -0.2) is 29.4 Å². The molecular weight excluding hydrogens is 324 g/mol. The van der Waals surface area contributed by atoms with Gasteiger partial charge in [-0.25, -0.2) is 4.98 Å².